The van der Waals surface area contributed by atoms with Crippen LogP contribution < -0.4 is 0 Å². The largest absolute Gasteiger partial charge is 0.472 e. The molecule has 234 valence electrons. The average molecular weight is 689 g/mol. The number of rotatable bonds is 4. The summed E-state index contributed by atoms with van der Waals surface area (Å²) in [6, 6.07) is 7.88. The first-order valence-electron chi connectivity index (χ1n) is 14.7. The molecule has 44 heavy (non-hydrogen) atoms. The van der Waals surface area contributed by atoms with Crippen molar-refractivity contribution in [2.24, 2.45) is 33.2 Å². The van der Waals surface area contributed by atoms with Gasteiger partial charge in [0.05, 0.1) is 18.2 Å². The fourth-order valence-corrected chi connectivity index (χ4v) is 10.4. The zero-order valence-electron chi connectivity index (χ0n) is 25.0. The lowest BCUT2D eigenvalue weighted by atomic mass is 9.37. The normalized spacial score (nSPS) is 41.3. The number of hydrogen-bond donors (Lipinski definition) is 0. The Balaban J connectivity index is 1.42. The van der Waals surface area contributed by atoms with Gasteiger partial charge >= 0.3 is 22.1 Å². The molecule has 1 aromatic carbocycles. The van der Waals surface area contributed by atoms with E-state index in [0.717, 1.165) is 10.0 Å². The lowest BCUT2D eigenvalue weighted by Gasteiger charge is -2.65. The maximum absolute atomic E-state index is 13.5. The van der Waals surface area contributed by atoms with Gasteiger partial charge in [0, 0.05) is 32.9 Å². The molecule has 1 spiro atoms. The quantitative estimate of drug-likeness (QED) is 0.219. The Hall–Kier alpha value is -2.96. The lowest BCUT2D eigenvalue weighted by Crippen LogP contribution is -2.71. The van der Waals surface area contributed by atoms with Crippen molar-refractivity contribution in [3.63, 3.8) is 0 Å². The zero-order valence-corrected chi connectivity index (χ0v) is 27.4. The standard InChI is InChI=1S/C32H34BrNO9S/c1-28(2)22-16-23(34-43-44(37,38)20-8-6-19(33)7-9-20)31(5)21(29(22,3)13-11-24(35)41-28)10-14-30(4)25(18-12-15-39-17-18)40-27(36)26-32(30,31)42-26/h6-9,11-13,15,17,21-22,25-26H,10,14,16H2,1-5H3/b34-23+/t21-,22+,25+,26-,29-,30+,31+,32-/m1/s1. The molecule has 2 saturated carbocycles. The van der Waals surface area contributed by atoms with Crippen molar-refractivity contribution in [3.05, 3.63) is 65.0 Å². The van der Waals surface area contributed by atoms with E-state index < -0.39 is 61.7 Å². The maximum atomic E-state index is 13.5. The van der Waals surface area contributed by atoms with Crippen molar-refractivity contribution in [3.8, 4) is 0 Å². The number of furan rings is 1. The average Bonchev–Trinajstić information content (AvgIpc) is 3.55. The van der Waals surface area contributed by atoms with Crippen molar-refractivity contribution >= 4 is 43.7 Å². The van der Waals surface area contributed by atoms with Crippen LogP contribution in [0.2, 0.25) is 0 Å². The summed E-state index contributed by atoms with van der Waals surface area (Å²) in [4.78, 5) is 26.2. The molecular weight excluding hydrogens is 654 g/mol. The lowest BCUT2D eigenvalue weighted by molar-refractivity contribution is -0.195. The Morgan fingerprint density at radius 2 is 1.73 bits per heavy atom. The summed E-state index contributed by atoms with van der Waals surface area (Å²) in [6.07, 6.45) is 6.52. The van der Waals surface area contributed by atoms with Gasteiger partial charge in [0.2, 0.25) is 0 Å². The van der Waals surface area contributed by atoms with Crippen LogP contribution in [-0.4, -0.2) is 43.4 Å². The van der Waals surface area contributed by atoms with Crippen molar-refractivity contribution < 1.29 is 40.9 Å². The van der Waals surface area contributed by atoms with E-state index in [2.05, 4.69) is 34.9 Å². The zero-order chi connectivity index (χ0) is 31.5. The minimum Gasteiger partial charge on any atom is -0.472 e. The third-order valence-corrected chi connectivity index (χ3v) is 13.0. The number of allylic oxidation sites excluding steroid dienone is 1. The second-order valence-electron chi connectivity index (χ2n) is 13.8. The highest BCUT2D eigenvalue weighted by molar-refractivity contribution is 9.10. The van der Waals surface area contributed by atoms with E-state index in [1.165, 1.54) is 18.2 Å². The molecule has 7 rings (SSSR count). The first kappa shape index (κ1) is 29.7. The van der Waals surface area contributed by atoms with E-state index in [1.807, 2.05) is 26.8 Å². The van der Waals surface area contributed by atoms with Crippen molar-refractivity contribution in [1.82, 2.24) is 0 Å². The number of halogens is 1. The Labute approximate surface area is 264 Å². The Bertz CT molecular complexity index is 1720. The number of benzene rings is 1. The van der Waals surface area contributed by atoms with E-state index in [-0.39, 0.29) is 23.2 Å². The minimum absolute atomic E-state index is 0.0486. The summed E-state index contributed by atoms with van der Waals surface area (Å²) in [5, 5.41) is 4.46. The van der Waals surface area contributed by atoms with Crippen LogP contribution in [0.5, 0.6) is 0 Å². The van der Waals surface area contributed by atoms with Crippen LogP contribution in [-0.2, 0) is 38.2 Å². The Kier molecular flexibility index (Phi) is 6.28. The summed E-state index contributed by atoms with van der Waals surface area (Å²) in [7, 11) is -4.29. The van der Waals surface area contributed by atoms with Gasteiger partial charge in [0.15, 0.2) is 6.10 Å². The van der Waals surface area contributed by atoms with Gasteiger partial charge in [-0.25, -0.2) is 9.59 Å². The summed E-state index contributed by atoms with van der Waals surface area (Å²) in [6.45, 7) is 9.92. The molecule has 10 nitrogen and oxygen atoms in total. The highest BCUT2D eigenvalue weighted by atomic mass is 79.9. The second kappa shape index (κ2) is 9.29. The van der Waals surface area contributed by atoms with Crippen molar-refractivity contribution in [1.29, 1.82) is 0 Å². The smallest absolute Gasteiger partial charge is 0.358 e. The number of oxime groups is 1. The summed E-state index contributed by atoms with van der Waals surface area (Å²) >= 11 is 3.33. The Morgan fingerprint density at radius 1 is 1.00 bits per heavy atom. The van der Waals surface area contributed by atoms with Crippen LogP contribution >= 0.6 is 15.9 Å². The number of epoxide rings is 1. The van der Waals surface area contributed by atoms with Crippen molar-refractivity contribution in [2.45, 2.75) is 82.2 Å². The van der Waals surface area contributed by atoms with Crippen LogP contribution in [0.15, 0.2) is 74.0 Å². The molecular formula is C32H34BrNO9S. The van der Waals surface area contributed by atoms with E-state index in [0.29, 0.717) is 18.6 Å². The number of nitrogens with zero attached hydrogens (tertiary/aromatic N) is 1. The van der Waals surface area contributed by atoms with Gasteiger partial charge in [-0.1, -0.05) is 47.9 Å². The molecule has 2 aromatic rings. The van der Waals surface area contributed by atoms with Gasteiger partial charge in [0.25, 0.3) is 0 Å². The molecule has 4 fully saturated rings. The number of fused-ring (bicyclic) bond motifs is 3. The van der Waals surface area contributed by atoms with Gasteiger partial charge in [-0.15, -0.1) is 0 Å². The topological polar surface area (TPSA) is 134 Å². The molecule has 8 atom stereocenters. The molecule has 2 saturated heterocycles. The fraction of sp³-hybridized carbons (Fsp3) is 0.531. The van der Waals surface area contributed by atoms with Crippen LogP contribution in [0.4, 0.5) is 0 Å². The molecule has 1 aromatic heterocycles. The van der Waals surface area contributed by atoms with Crippen molar-refractivity contribution in [2.75, 3.05) is 0 Å². The third-order valence-electron chi connectivity index (χ3n) is 11.4. The first-order valence-corrected chi connectivity index (χ1v) is 16.9. The first-order chi connectivity index (χ1) is 20.6. The van der Waals surface area contributed by atoms with Gasteiger partial charge in [-0.3, -0.25) is 4.28 Å². The Morgan fingerprint density at radius 3 is 2.41 bits per heavy atom. The van der Waals surface area contributed by atoms with E-state index in [1.54, 1.807) is 30.7 Å². The van der Waals surface area contributed by atoms with Gasteiger partial charge in [-0.05, 0) is 74.8 Å². The molecule has 0 N–H and O–H groups in total. The van der Waals surface area contributed by atoms with Gasteiger partial charge in [-0.2, -0.15) is 8.42 Å². The number of carbonyl (C=O) groups excluding carboxylic acids is 2. The number of cyclic esters (lactones) is 2. The number of ether oxygens (including phenoxy) is 3. The summed E-state index contributed by atoms with van der Waals surface area (Å²) < 4.78 is 56.8. The third kappa shape index (κ3) is 3.79. The predicted octanol–water partition coefficient (Wildman–Crippen LogP) is 5.88. The highest BCUT2D eigenvalue weighted by Gasteiger charge is 2.87. The van der Waals surface area contributed by atoms with E-state index >= 15 is 0 Å². The number of esters is 2. The molecule has 4 heterocycles. The summed E-state index contributed by atoms with van der Waals surface area (Å²) in [5.41, 5.74) is -3.17. The van der Waals surface area contributed by atoms with E-state index in [4.69, 9.17) is 22.9 Å². The summed E-state index contributed by atoms with van der Waals surface area (Å²) in [5.74, 6) is -1.45. The fourth-order valence-electron chi connectivity index (χ4n) is 9.39. The maximum Gasteiger partial charge on any atom is 0.358 e. The predicted molar refractivity (Wildman–Crippen MR) is 159 cm³/mol. The van der Waals surface area contributed by atoms with E-state index in [9.17, 15) is 18.0 Å². The van der Waals surface area contributed by atoms with Crippen LogP contribution in [0.3, 0.4) is 0 Å². The van der Waals surface area contributed by atoms with Crippen LogP contribution in [0, 0.1) is 28.1 Å². The number of hydrogen-bond acceptors (Lipinski definition) is 10. The molecule has 0 bridgehead atoms. The van der Waals surface area contributed by atoms with Crippen LogP contribution in [0.25, 0.3) is 0 Å². The highest BCUT2D eigenvalue weighted by Crippen LogP contribution is 2.78. The monoisotopic (exact) mass is 687 g/mol. The SMILES string of the molecule is CC1(C)OC(=O)C=C[C@]2(C)[C@H]3CC[C@@]4(C)[C@H](c5ccoc5)OC(=O)[C@H]5O[C@]54[C@]3(C)/C(=N/OS(=O)(=O)c3ccc(Br)cc3)C[C@@H]12. The molecule has 0 radical (unpaired) electrons. The second-order valence-corrected chi connectivity index (χ2v) is 16.3. The van der Waals surface area contributed by atoms with Crippen LogP contribution in [0.1, 0.15) is 65.5 Å². The molecule has 5 aliphatic rings. The molecule has 3 aliphatic heterocycles. The number of carbonyl (C=O) groups is 2. The minimum atomic E-state index is -4.29. The molecule has 2 aliphatic carbocycles. The molecule has 0 unspecified atom stereocenters. The molecule has 12 heteroatoms. The van der Waals surface area contributed by atoms with Gasteiger partial charge < -0.3 is 18.6 Å². The molecule has 0 amide bonds. The van der Waals surface area contributed by atoms with Gasteiger partial charge in [0.1, 0.15) is 22.2 Å².